The van der Waals surface area contributed by atoms with Gasteiger partial charge in [0.05, 0.1) is 23.4 Å². The number of hydrogen-bond donors (Lipinski definition) is 2. The fraction of sp³-hybridized carbons (Fsp3) is 0.357. The molecule has 1 fully saturated rings. The topological polar surface area (TPSA) is 57.9 Å². The average molecular weight is 242 g/mol. The maximum absolute atomic E-state index is 6.02. The maximum atomic E-state index is 6.02. The number of benzene rings is 1. The fourth-order valence-electron chi connectivity index (χ4n) is 2.69. The summed E-state index contributed by atoms with van der Waals surface area (Å²) >= 11 is 0. The first-order valence-electron chi connectivity index (χ1n) is 6.43. The van der Waals surface area contributed by atoms with Crippen LogP contribution in [0.25, 0.3) is 0 Å². The van der Waals surface area contributed by atoms with E-state index in [1.807, 2.05) is 24.4 Å². The summed E-state index contributed by atoms with van der Waals surface area (Å²) in [4.78, 5) is 9.76. The Bertz CT molecular complexity index is 498. The highest BCUT2D eigenvalue weighted by Gasteiger charge is 2.22. The van der Waals surface area contributed by atoms with Gasteiger partial charge in [-0.15, -0.1) is 0 Å². The van der Waals surface area contributed by atoms with Crippen molar-refractivity contribution in [3.63, 3.8) is 0 Å². The molecule has 0 radical (unpaired) electrons. The Morgan fingerprint density at radius 2 is 2.00 bits per heavy atom. The van der Waals surface area contributed by atoms with Gasteiger partial charge in [0.2, 0.25) is 0 Å². The molecule has 0 saturated carbocycles. The number of aromatic amines is 1. The lowest BCUT2D eigenvalue weighted by Crippen LogP contribution is -2.33. The van der Waals surface area contributed by atoms with Gasteiger partial charge in [-0.05, 0) is 25.0 Å². The number of rotatable bonds is 2. The standard InChI is InChI=1S/C14H18N4/c15-12-3-1-2-4-14(12)18-7-5-11(6-8-18)13-9-16-10-17-13/h1-4,9-11H,5-8,15H2,(H,16,17). The molecular formula is C14H18N4. The van der Waals surface area contributed by atoms with Crippen molar-refractivity contribution in [2.24, 2.45) is 0 Å². The van der Waals surface area contributed by atoms with Crippen molar-refractivity contribution in [3.05, 3.63) is 42.5 Å². The highest BCUT2D eigenvalue weighted by molar-refractivity contribution is 5.67. The molecule has 1 saturated heterocycles. The Hall–Kier alpha value is -1.97. The molecule has 1 aromatic carbocycles. The summed E-state index contributed by atoms with van der Waals surface area (Å²) < 4.78 is 0. The van der Waals surface area contributed by atoms with Gasteiger partial charge in [0.1, 0.15) is 0 Å². The second kappa shape index (κ2) is 4.72. The summed E-state index contributed by atoms with van der Waals surface area (Å²) in [7, 11) is 0. The van der Waals surface area contributed by atoms with Gasteiger partial charge >= 0.3 is 0 Å². The number of anilines is 2. The predicted octanol–water partition coefficient (Wildman–Crippen LogP) is 2.38. The minimum absolute atomic E-state index is 0.581. The van der Waals surface area contributed by atoms with Gasteiger partial charge in [0.15, 0.2) is 0 Å². The summed E-state index contributed by atoms with van der Waals surface area (Å²) in [5.41, 5.74) is 9.25. The first-order chi connectivity index (χ1) is 8.84. The zero-order chi connectivity index (χ0) is 12.4. The van der Waals surface area contributed by atoms with E-state index in [0.29, 0.717) is 5.92 Å². The van der Waals surface area contributed by atoms with E-state index in [2.05, 4.69) is 20.9 Å². The van der Waals surface area contributed by atoms with E-state index in [0.717, 1.165) is 37.3 Å². The summed E-state index contributed by atoms with van der Waals surface area (Å²) in [6.07, 6.45) is 6.05. The fourth-order valence-corrected chi connectivity index (χ4v) is 2.69. The van der Waals surface area contributed by atoms with E-state index in [9.17, 15) is 0 Å². The average Bonchev–Trinajstić information content (AvgIpc) is 2.94. The zero-order valence-corrected chi connectivity index (χ0v) is 10.3. The molecular weight excluding hydrogens is 224 g/mol. The van der Waals surface area contributed by atoms with Crippen molar-refractivity contribution < 1.29 is 0 Å². The van der Waals surface area contributed by atoms with Crippen LogP contribution in [-0.2, 0) is 0 Å². The number of hydrogen-bond acceptors (Lipinski definition) is 3. The number of aromatic nitrogens is 2. The minimum atomic E-state index is 0.581. The van der Waals surface area contributed by atoms with E-state index in [4.69, 9.17) is 5.73 Å². The Kier molecular flexibility index (Phi) is 2.92. The van der Waals surface area contributed by atoms with Crippen molar-refractivity contribution >= 4 is 11.4 Å². The first kappa shape index (κ1) is 11.1. The number of nitrogen functional groups attached to an aromatic ring is 1. The van der Waals surface area contributed by atoms with Crippen LogP contribution in [0.15, 0.2) is 36.8 Å². The molecule has 3 N–H and O–H groups in total. The molecule has 0 spiro atoms. The molecule has 1 aromatic heterocycles. The Balaban J connectivity index is 1.69. The molecule has 4 heteroatoms. The normalized spacial score (nSPS) is 17.0. The van der Waals surface area contributed by atoms with Gasteiger partial charge in [-0.2, -0.15) is 0 Å². The van der Waals surface area contributed by atoms with Crippen LogP contribution in [-0.4, -0.2) is 23.1 Å². The van der Waals surface area contributed by atoms with Gasteiger partial charge in [-0.1, -0.05) is 12.1 Å². The minimum Gasteiger partial charge on any atom is -0.397 e. The molecule has 18 heavy (non-hydrogen) atoms. The quantitative estimate of drug-likeness (QED) is 0.795. The molecule has 1 aliphatic heterocycles. The van der Waals surface area contributed by atoms with Gasteiger partial charge < -0.3 is 15.6 Å². The van der Waals surface area contributed by atoms with Crippen LogP contribution < -0.4 is 10.6 Å². The van der Waals surface area contributed by atoms with Crippen LogP contribution in [0, 0.1) is 0 Å². The molecule has 2 heterocycles. The SMILES string of the molecule is Nc1ccccc1N1CCC(c2c[nH]cn2)CC1. The van der Waals surface area contributed by atoms with Crippen molar-refractivity contribution in [1.29, 1.82) is 0 Å². The lowest BCUT2D eigenvalue weighted by molar-refractivity contribution is 0.498. The summed E-state index contributed by atoms with van der Waals surface area (Å²) in [5.74, 6) is 0.581. The van der Waals surface area contributed by atoms with Crippen molar-refractivity contribution in [3.8, 4) is 0 Å². The van der Waals surface area contributed by atoms with Crippen LogP contribution in [0.5, 0.6) is 0 Å². The lowest BCUT2D eigenvalue weighted by atomic mass is 9.93. The van der Waals surface area contributed by atoms with Gasteiger partial charge in [-0.25, -0.2) is 4.98 Å². The van der Waals surface area contributed by atoms with Crippen molar-refractivity contribution in [2.75, 3.05) is 23.7 Å². The van der Waals surface area contributed by atoms with E-state index in [-0.39, 0.29) is 0 Å². The van der Waals surface area contributed by atoms with E-state index < -0.39 is 0 Å². The molecule has 94 valence electrons. The van der Waals surface area contributed by atoms with E-state index >= 15 is 0 Å². The molecule has 0 amide bonds. The largest absolute Gasteiger partial charge is 0.397 e. The number of nitrogens with one attached hydrogen (secondary N) is 1. The second-order valence-electron chi connectivity index (χ2n) is 4.81. The second-order valence-corrected chi connectivity index (χ2v) is 4.81. The van der Waals surface area contributed by atoms with Gasteiger partial charge in [-0.3, -0.25) is 0 Å². The van der Waals surface area contributed by atoms with Gasteiger partial charge in [0, 0.05) is 25.2 Å². The lowest BCUT2D eigenvalue weighted by Gasteiger charge is -2.33. The highest BCUT2D eigenvalue weighted by Crippen LogP contribution is 2.31. The summed E-state index contributed by atoms with van der Waals surface area (Å²) in [6.45, 7) is 2.09. The van der Waals surface area contributed by atoms with Crippen LogP contribution in [0.4, 0.5) is 11.4 Å². The third-order valence-electron chi connectivity index (χ3n) is 3.71. The molecule has 0 bridgehead atoms. The smallest absolute Gasteiger partial charge is 0.0923 e. The molecule has 0 aliphatic carbocycles. The van der Waals surface area contributed by atoms with Crippen LogP contribution in [0.3, 0.4) is 0 Å². The summed E-state index contributed by atoms with van der Waals surface area (Å²) in [6, 6.07) is 8.10. The number of nitrogens with two attached hydrogens (primary N) is 1. The van der Waals surface area contributed by atoms with E-state index in [1.54, 1.807) is 6.33 Å². The Labute approximate surface area is 107 Å². The van der Waals surface area contributed by atoms with Gasteiger partial charge in [0.25, 0.3) is 0 Å². The first-order valence-corrected chi connectivity index (χ1v) is 6.43. The third-order valence-corrected chi connectivity index (χ3v) is 3.71. The Morgan fingerprint density at radius 1 is 1.22 bits per heavy atom. The molecule has 1 aliphatic rings. The van der Waals surface area contributed by atoms with Crippen molar-refractivity contribution in [1.82, 2.24) is 9.97 Å². The van der Waals surface area contributed by atoms with Crippen molar-refractivity contribution in [2.45, 2.75) is 18.8 Å². The maximum Gasteiger partial charge on any atom is 0.0923 e. The monoisotopic (exact) mass is 242 g/mol. The molecule has 4 nitrogen and oxygen atoms in total. The Morgan fingerprint density at radius 3 is 2.67 bits per heavy atom. The number of H-pyrrole nitrogens is 1. The van der Waals surface area contributed by atoms with Crippen LogP contribution in [0.2, 0.25) is 0 Å². The predicted molar refractivity (Wildman–Crippen MR) is 73.6 cm³/mol. The number of para-hydroxylation sites is 2. The number of imidazole rings is 1. The molecule has 0 unspecified atom stereocenters. The van der Waals surface area contributed by atoms with Crippen LogP contribution in [0.1, 0.15) is 24.5 Å². The number of piperidine rings is 1. The third kappa shape index (κ3) is 2.06. The number of nitrogens with zero attached hydrogens (tertiary/aromatic N) is 2. The van der Waals surface area contributed by atoms with E-state index in [1.165, 1.54) is 5.69 Å². The summed E-state index contributed by atoms with van der Waals surface area (Å²) in [5, 5.41) is 0. The molecule has 3 rings (SSSR count). The molecule has 0 atom stereocenters. The highest BCUT2D eigenvalue weighted by atomic mass is 15.1. The zero-order valence-electron chi connectivity index (χ0n) is 10.3. The van der Waals surface area contributed by atoms with Crippen LogP contribution >= 0.6 is 0 Å². The molecule has 2 aromatic rings.